The predicted octanol–water partition coefficient (Wildman–Crippen LogP) is 3.69. The Hall–Kier alpha value is -1.96. The van der Waals surface area contributed by atoms with E-state index in [4.69, 9.17) is 9.47 Å². The summed E-state index contributed by atoms with van der Waals surface area (Å²) >= 11 is 0. The molecule has 0 saturated carbocycles. The van der Waals surface area contributed by atoms with Gasteiger partial charge in [-0.25, -0.2) is 0 Å². The third-order valence-corrected chi connectivity index (χ3v) is 3.08. The maximum atomic E-state index is 5.14. The Kier molecular flexibility index (Phi) is 4.85. The summed E-state index contributed by atoms with van der Waals surface area (Å²) in [7, 11) is 3.37. The van der Waals surface area contributed by atoms with Gasteiger partial charge in [-0.2, -0.15) is 0 Å². The summed E-state index contributed by atoms with van der Waals surface area (Å²) in [6, 6.07) is 16.4. The van der Waals surface area contributed by atoms with Crippen LogP contribution in [0.2, 0.25) is 0 Å². The van der Waals surface area contributed by atoms with E-state index in [1.54, 1.807) is 14.2 Å². The lowest BCUT2D eigenvalue weighted by atomic mass is 10.0. The van der Waals surface area contributed by atoms with Gasteiger partial charge in [-0.3, -0.25) is 0 Å². The number of ether oxygens (including phenoxy) is 2. The molecule has 0 aliphatic rings. The monoisotopic (exact) mass is 255 g/mol. The molecule has 2 nitrogen and oxygen atoms in total. The molecule has 0 N–H and O–H groups in total. The minimum atomic E-state index is 0.902. The van der Waals surface area contributed by atoms with Gasteiger partial charge < -0.3 is 9.47 Å². The van der Waals surface area contributed by atoms with Crippen molar-refractivity contribution in [1.29, 1.82) is 0 Å². The van der Waals surface area contributed by atoms with E-state index in [9.17, 15) is 0 Å². The lowest BCUT2D eigenvalue weighted by Gasteiger charge is -2.05. The molecule has 1 radical (unpaired) electrons. The summed E-state index contributed by atoms with van der Waals surface area (Å²) in [5.41, 5.74) is 2.60. The van der Waals surface area contributed by atoms with Crippen molar-refractivity contribution in [3.8, 4) is 11.5 Å². The highest BCUT2D eigenvalue weighted by molar-refractivity contribution is 5.30. The number of hydrogen-bond acceptors (Lipinski definition) is 2. The van der Waals surface area contributed by atoms with Gasteiger partial charge in [0.25, 0.3) is 0 Å². The molecule has 2 aromatic carbocycles. The molecule has 19 heavy (non-hydrogen) atoms. The molecule has 0 fully saturated rings. The highest BCUT2D eigenvalue weighted by Gasteiger charge is 1.98. The molecule has 0 saturated heterocycles. The summed E-state index contributed by atoms with van der Waals surface area (Å²) in [6.45, 7) is 0. The van der Waals surface area contributed by atoms with Gasteiger partial charge in [-0.1, -0.05) is 24.3 Å². The second-order valence-electron chi connectivity index (χ2n) is 4.39. The van der Waals surface area contributed by atoms with Crippen LogP contribution >= 0.6 is 0 Å². The van der Waals surface area contributed by atoms with Gasteiger partial charge in [0.15, 0.2) is 0 Å². The lowest BCUT2D eigenvalue weighted by Crippen LogP contribution is -1.92. The van der Waals surface area contributed by atoms with E-state index in [2.05, 4.69) is 30.7 Å². The van der Waals surface area contributed by atoms with Crippen LogP contribution in [-0.4, -0.2) is 14.2 Å². The molecule has 2 aromatic rings. The first kappa shape index (κ1) is 13.5. The Balaban J connectivity index is 1.81. The van der Waals surface area contributed by atoms with E-state index in [0.717, 1.165) is 24.3 Å². The van der Waals surface area contributed by atoms with Crippen molar-refractivity contribution in [2.45, 2.75) is 12.8 Å². The molecule has 0 spiro atoms. The zero-order valence-corrected chi connectivity index (χ0v) is 11.4. The Morgan fingerprint density at radius 3 is 1.37 bits per heavy atom. The molecule has 0 aromatic heterocycles. The van der Waals surface area contributed by atoms with Crippen molar-refractivity contribution in [2.24, 2.45) is 0 Å². The van der Waals surface area contributed by atoms with Gasteiger partial charge >= 0.3 is 0 Å². The molecule has 0 aliphatic carbocycles. The van der Waals surface area contributed by atoms with E-state index in [-0.39, 0.29) is 0 Å². The van der Waals surface area contributed by atoms with Crippen molar-refractivity contribution in [2.75, 3.05) is 14.2 Å². The molecule has 0 unspecified atom stereocenters. The Labute approximate surface area is 115 Å². The first-order chi connectivity index (χ1) is 9.31. The fourth-order valence-corrected chi connectivity index (χ4v) is 1.93. The molecule has 0 bridgehead atoms. The molecule has 0 amide bonds. The van der Waals surface area contributed by atoms with Crippen LogP contribution in [0.1, 0.15) is 11.1 Å². The Morgan fingerprint density at radius 1 is 0.684 bits per heavy atom. The van der Waals surface area contributed by atoms with Gasteiger partial charge in [0.05, 0.1) is 14.2 Å². The molecule has 0 atom stereocenters. The fourth-order valence-electron chi connectivity index (χ4n) is 1.93. The topological polar surface area (TPSA) is 18.5 Å². The van der Waals surface area contributed by atoms with Crippen LogP contribution in [0, 0.1) is 6.42 Å². The van der Waals surface area contributed by atoms with Crippen LogP contribution in [-0.2, 0) is 12.8 Å². The zero-order valence-electron chi connectivity index (χ0n) is 11.4. The molecule has 0 aliphatic heterocycles. The number of hydrogen-bond donors (Lipinski definition) is 0. The third kappa shape index (κ3) is 4.02. The number of rotatable bonds is 6. The van der Waals surface area contributed by atoms with E-state index in [1.165, 1.54) is 11.1 Å². The number of benzene rings is 2. The van der Waals surface area contributed by atoms with Crippen LogP contribution in [0.15, 0.2) is 48.5 Å². The largest absolute Gasteiger partial charge is 0.497 e. The van der Waals surface area contributed by atoms with Gasteiger partial charge in [0, 0.05) is 0 Å². The SMILES string of the molecule is COc1ccc(C[CH]Cc2ccc(OC)cc2)cc1. The predicted molar refractivity (Wildman–Crippen MR) is 77.7 cm³/mol. The van der Waals surface area contributed by atoms with Gasteiger partial charge in [-0.15, -0.1) is 0 Å². The van der Waals surface area contributed by atoms with E-state index >= 15 is 0 Å². The van der Waals surface area contributed by atoms with E-state index < -0.39 is 0 Å². The second-order valence-corrected chi connectivity index (χ2v) is 4.39. The molecule has 99 valence electrons. The van der Waals surface area contributed by atoms with Crippen molar-refractivity contribution in [1.82, 2.24) is 0 Å². The zero-order chi connectivity index (χ0) is 13.5. The highest BCUT2D eigenvalue weighted by atomic mass is 16.5. The maximum Gasteiger partial charge on any atom is 0.118 e. The summed E-state index contributed by atoms with van der Waals surface area (Å²) in [5, 5.41) is 0. The van der Waals surface area contributed by atoms with Gasteiger partial charge in [-0.05, 0) is 54.7 Å². The van der Waals surface area contributed by atoms with E-state index in [0.29, 0.717) is 0 Å². The summed E-state index contributed by atoms with van der Waals surface area (Å²) in [5.74, 6) is 1.80. The van der Waals surface area contributed by atoms with Gasteiger partial charge in [0.1, 0.15) is 11.5 Å². The average Bonchev–Trinajstić information content (AvgIpc) is 2.49. The Morgan fingerprint density at radius 2 is 1.05 bits per heavy atom. The average molecular weight is 255 g/mol. The van der Waals surface area contributed by atoms with E-state index in [1.807, 2.05) is 24.3 Å². The molecule has 2 heteroatoms. The van der Waals surface area contributed by atoms with Crippen molar-refractivity contribution >= 4 is 0 Å². The fraction of sp³-hybridized carbons (Fsp3) is 0.235. The Bertz CT molecular complexity index is 438. The summed E-state index contributed by atoms with van der Waals surface area (Å²) < 4.78 is 10.3. The quantitative estimate of drug-likeness (QED) is 0.783. The molecular weight excluding hydrogens is 236 g/mol. The smallest absolute Gasteiger partial charge is 0.118 e. The van der Waals surface area contributed by atoms with Crippen LogP contribution < -0.4 is 9.47 Å². The van der Waals surface area contributed by atoms with Gasteiger partial charge in [0.2, 0.25) is 0 Å². The molecule has 0 heterocycles. The van der Waals surface area contributed by atoms with Crippen LogP contribution in [0.25, 0.3) is 0 Å². The normalized spacial score (nSPS) is 10.2. The van der Waals surface area contributed by atoms with Crippen molar-refractivity contribution in [3.63, 3.8) is 0 Å². The summed E-state index contributed by atoms with van der Waals surface area (Å²) in [6.07, 6.45) is 4.22. The highest BCUT2D eigenvalue weighted by Crippen LogP contribution is 2.15. The minimum absolute atomic E-state index is 0.902. The second kappa shape index (κ2) is 6.83. The third-order valence-electron chi connectivity index (χ3n) is 3.08. The summed E-state index contributed by atoms with van der Waals surface area (Å²) in [4.78, 5) is 0. The van der Waals surface area contributed by atoms with Crippen molar-refractivity contribution < 1.29 is 9.47 Å². The van der Waals surface area contributed by atoms with Crippen molar-refractivity contribution in [3.05, 3.63) is 66.1 Å². The molecular formula is C17H19O2. The van der Waals surface area contributed by atoms with Crippen LogP contribution in [0.5, 0.6) is 11.5 Å². The lowest BCUT2D eigenvalue weighted by molar-refractivity contribution is 0.414. The molecule has 2 rings (SSSR count). The first-order valence-corrected chi connectivity index (χ1v) is 6.39. The van der Waals surface area contributed by atoms with Crippen LogP contribution in [0.3, 0.4) is 0 Å². The van der Waals surface area contributed by atoms with Crippen LogP contribution in [0.4, 0.5) is 0 Å². The first-order valence-electron chi connectivity index (χ1n) is 6.39. The standard InChI is InChI=1S/C17H19O2/c1-18-16-10-6-14(7-11-16)4-3-5-15-8-12-17(19-2)13-9-15/h3,6-13H,4-5H2,1-2H3. The minimum Gasteiger partial charge on any atom is -0.497 e. The number of methoxy groups -OCH3 is 2. The maximum absolute atomic E-state index is 5.14.